The van der Waals surface area contributed by atoms with Gasteiger partial charge in [0.1, 0.15) is 6.61 Å². The first kappa shape index (κ1) is 11.0. The Labute approximate surface area is 103 Å². The molecular weight excluding hydrogens is 234 g/mol. The zero-order valence-electron chi connectivity index (χ0n) is 9.92. The Balaban J connectivity index is 2.05. The van der Waals surface area contributed by atoms with Crippen LogP contribution in [0.3, 0.4) is 0 Å². The van der Waals surface area contributed by atoms with Crippen molar-refractivity contribution in [3.63, 3.8) is 0 Å². The Morgan fingerprint density at radius 1 is 1.56 bits per heavy atom. The quantitative estimate of drug-likeness (QED) is 0.867. The van der Waals surface area contributed by atoms with Gasteiger partial charge in [-0.25, -0.2) is 4.79 Å². The lowest BCUT2D eigenvalue weighted by atomic mass is 10.2. The number of nitrogens with two attached hydrogens (primary N) is 1. The number of rotatable bonds is 2. The molecule has 1 aromatic heterocycles. The molecule has 1 fully saturated rings. The van der Waals surface area contributed by atoms with Gasteiger partial charge in [0.15, 0.2) is 5.58 Å². The molecule has 0 radical (unpaired) electrons. The highest BCUT2D eigenvalue weighted by Gasteiger charge is 2.33. The van der Waals surface area contributed by atoms with E-state index in [-0.39, 0.29) is 12.1 Å². The molecule has 1 saturated heterocycles. The fourth-order valence-corrected chi connectivity index (χ4v) is 2.15. The molecule has 2 heterocycles. The first-order chi connectivity index (χ1) is 8.70. The van der Waals surface area contributed by atoms with E-state index in [0.717, 1.165) is 16.8 Å². The number of aromatic nitrogens is 1. The van der Waals surface area contributed by atoms with Gasteiger partial charge in [-0.05, 0) is 19.1 Å². The molecule has 6 heteroatoms. The van der Waals surface area contributed by atoms with Crippen LogP contribution in [0.1, 0.15) is 5.69 Å². The van der Waals surface area contributed by atoms with Crippen LogP contribution < -0.4 is 10.6 Å². The summed E-state index contributed by atoms with van der Waals surface area (Å²) < 4.78 is 10.2. The number of benzene rings is 1. The molecule has 1 aliphatic rings. The van der Waals surface area contributed by atoms with Gasteiger partial charge in [-0.15, -0.1) is 0 Å². The number of hydrogen-bond donors (Lipinski definition) is 1. The highest BCUT2D eigenvalue weighted by Crippen LogP contribution is 2.28. The Morgan fingerprint density at radius 3 is 3.17 bits per heavy atom. The van der Waals surface area contributed by atoms with Gasteiger partial charge in [0, 0.05) is 18.0 Å². The third-order valence-corrected chi connectivity index (χ3v) is 3.15. The van der Waals surface area contributed by atoms with E-state index in [1.54, 1.807) is 11.0 Å². The monoisotopic (exact) mass is 247 g/mol. The third kappa shape index (κ3) is 1.53. The van der Waals surface area contributed by atoms with Crippen LogP contribution in [0.2, 0.25) is 0 Å². The highest BCUT2D eigenvalue weighted by molar-refractivity contribution is 5.93. The van der Waals surface area contributed by atoms with Crippen LogP contribution in [0.25, 0.3) is 11.0 Å². The van der Waals surface area contributed by atoms with Crippen molar-refractivity contribution in [1.82, 2.24) is 5.16 Å². The summed E-state index contributed by atoms with van der Waals surface area (Å²) in [4.78, 5) is 13.2. The normalized spacial score (nSPS) is 19.6. The van der Waals surface area contributed by atoms with E-state index in [1.165, 1.54) is 0 Å². The second-order valence-corrected chi connectivity index (χ2v) is 4.28. The van der Waals surface area contributed by atoms with E-state index in [4.69, 9.17) is 15.0 Å². The smallest absolute Gasteiger partial charge is 0.414 e. The fourth-order valence-electron chi connectivity index (χ4n) is 2.15. The second kappa shape index (κ2) is 3.99. The molecule has 0 unspecified atom stereocenters. The lowest BCUT2D eigenvalue weighted by Crippen LogP contribution is -2.38. The SMILES string of the molecule is Cc1noc2cc(N3C(=O)OC[C@@H]3CN)ccc12. The molecule has 0 bridgehead atoms. The molecule has 2 aromatic rings. The van der Waals surface area contributed by atoms with Crippen molar-refractivity contribution in [1.29, 1.82) is 0 Å². The number of aryl methyl sites for hydroxylation is 1. The zero-order valence-corrected chi connectivity index (χ0v) is 9.92. The van der Waals surface area contributed by atoms with E-state index in [2.05, 4.69) is 5.16 Å². The summed E-state index contributed by atoms with van der Waals surface area (Å²) in [7, 11) is 0. The number of carbonyl (C=O) groups is 1. The number of fused-ring (bicyclic) bond motifs is 1. The lowest BCUT2D eigenvalue weighted by molar-refractivity contribution is 0.179. The van der Waals surface area contributed by atoms with Crippen molar-refractivity contribution in [3.05, 3.63) is 23.9 Å². The van der Waals surface area contributed by atoms with Crippen LogP contribution >= 0.6 is 0 Å². The van der Waals surface area contributed by atoms with Crippen molar-refractivity contribution < 1.29 is 14.1 Å². The lowest BCUT2D eigenvalue weighted by Gasteiger charge is -2.19. The molecule has 0 spiro atoms. The molecular formula is C12H13N3O3. The number of cyclic esters (lactones) is 1. The molecule has 1 amide bonds. The van der Waals surface area contributed by atoms with Gasteiger partial charge in [0.2, 0.25) is 0 Å². The summed E-state index contributed by atoms with van der Waals surface area (Å²) in [5, 5.41) is 4.83. The van der Waals surface area contributed by atoms with Crippen LogP contribution in [-0.4, -0.2) is 30.4 Å². The second-order valence-electron chi connectivity index (χ2n) is 4.28. The van der Waals surface area contributed by atoms with E-state index < -0.39 is 0 Å². The molecule has 94 valence electrons. The summed E-state index contributed by atoms with van der Waals surface area (Å²) >= 11 is 0. The van der Waals surface area contributed by atoms with Crippen molar-refractivity contribution >= 4 is 22.7 Å². The van der Waals surface area contributed by atoms with E-state index in [1.807, 2.05) is 19.1 Å². The molecule has 1 aromatic carbocycles. The van der Waals surface area contributed by atoms with Gasteiger partial charge in [-0.3, -0.25) is 4.90 Å². The average Bonchev–Trinajstić information content (AvgIpc) is 2.93. The molecule has 0 saturated carbocycles. The summed E-state index contributed by atoms with van der Waals surface area (Å²) in [5.41, 5.74) is 7.83. The minimum absolute atomic E-state index is 0.126. The Kier molecular flexibility index (Phi) is 2.45. The summed E-state index contributed by atoms with van der Waals surface area (Å²) in [6, 6.07) is 5.39. The van der Waals surface area contributed by atoms with E-state index in [0.29, 0.717) is 18.7 Å². The van der Waals surface area contributed by atoms with Crippen molar-refractivity contribution in [3.8, 4) is 0 Å². The number of ether oxygens (including phenoxy) is 1. The van der Waals surface area contributed by atoms with Gasteiger partial charge in [0.05, 0.1) is 17.4 Å². The summed E-state index contributed by atoms with van der Waals surface area (Å²) in [6.07, 6.45) is -0.374. The fraction of sp³-hybridized carbons (Fsp3) is 0.333. The molecule has 6 nitrogen and oxygen atoms in total. The first-order valence-corrected chi connectivity index (χ1v) is 5.73. The standard InChI is InChI=1S/C12H13N3O3/c1-7-10-3-2-8(4-11(10)18-14-7)15-9(5-13)6-17-12(15)16/h2-4,9H,5-6,13H2,1H3/t9-/m0/s1. The molecule has 2 N–H and O–H groups in total. The predicted octanol–water partition coefficient (Wildman–Crippen LogP) is 1.42. The molecule has 1 atom stereocenters. The first-order valence-electron chi connectivity index (χ1n) is 5.73. The number of carbonyl (C=O) groups excluding carboxylic acids is 1. The predicted molar refractivity (Wildman–Crippen MR) is 65.4 cm³/mol. The summed E-state index contributed by atoms with van der Waals surface area (Å²) in [5.74, 6) is 0. The van der Waals surface area contributed by atoms with E-state index in [9.17, 15) is 4.79 Å². The minimum atomic E-state index is -0.374. The van der Waals surface area contributed by atoms with Crippen molar-refractivity contribution in [2.75, 3.05) is 18.1 Å². The zero-order chi connectivity index (χ0) is 12.7. The Morgan fingerprint density at radius 2 is 2.39 bits per heavy atom. The number of hydrogen-bond acceptors (Lipinski definition) is 5. The Bertz CT molecular complexity index is 608. The van der Waals surface area contributed by atoms with Gasteiger partial charge in [-0.1, -0.05) is 5.16 Å². The van der Waals surface area contributed by atoms with Crippen LogP contribution in [-0.2, 0) is 4.74 Å². The number of amides is 1. The largest absolute Gasteiger partial charge is 0.447 e. The van der Waals surface area contributed by atoms with Gasteiger partial charge in [0.25, 0.3) is 0 Å². The van der Waals surface area contributed by atoms with Gasteiger partial charge >= 0.3 is 6.09 Å². The van der Waals surface area contributed by atoms with Gasteiger partial charge < -0.3 is 15.0 Å². The molecule has 0 aliphatic carbocycles. The van der Waals surface area contributed by atoms with Crippen LogP contribution in [0.5, 0.6) is 0 Å². The number of nitrogens with zero attached hydrogens (tertiary/aromatic N) is 2. The van der Waals surface area contributed by atoms with Crippen LogP contribution in [0.4, 0.5) is 10.5 Å². The number of anilines is 1. The van der Waals surface area contributed by atoms with Gasteiger partial charge in [-0.2, -0.15) is 0 Å². The highest BCUT2D eigenvalue weighted by atomic mass is 16.6. The molecule has 3 rings (SSSR count). The van der Waals surface area contributed by atoms with Crippen molar-refractivity contribution in [2.24, 2.45) is 5.73 Å². The Hall–Kier alpha value is -2.08. The maximum absolute atomic E-state index is 11.7. The topological polar surface area (TPSA) is 81.6 Å². The van der Waals surface area contributed by atoms with Crippen molar-refractivity contribution in [2.45, 2.75) is 13.0 Å². The maximum Gasteiger partial charge on any atom is 0.414 e. The van der Waals surface area contributed by atoms with Crippen LogP contribution in [0.15, 0.2) is 22.7 Å². The third-order valence-electron chi connectivity index (χ3n) is 3.15. The summed E-state index contributed by atoms with van der Waals surface area (Å²) in [6.45, 7) is 2.56. The molecule has 18 heavy (non-hydrogen) atoms. The maximum atomic E-state index is 11.7. The average molecular weight is 247 g/mol. The molecule has 1 aliphatic heterocycles. The minimum Gasteiger partial charge on any atom is -0.447 e. The van der Waals surface area contributed by atoms with E-state index >= 15 is 0 Å². The van der Waals surface area contributed by atoms with Crippen LogP contribution in [0, 0.1) is 6.92 Å².